The van der Waals surface area contributed by atoms with Gasteiger partial charge in [0.25, 0.3) is 5.91 Å². The molecule has 0 aromatic heterocycles. The summed E-state index contributed by atoms with van der Waals surface area (Å²) in [5, 5.41) is 3.83. The number of nitrogens with zero attached hydrogens (tertiary/aromatic N) is 1. The topological polar surface area (TPSA) is 60.0 Å². The van der Waals surface area contributed by atoms with Gasteiger partial charge < -0.3 is 24.4 Å². The monoisotopic (exact) mass is 556 g/mol. The fourth-order valence-electron chi connectivity index (χ4n) is 5.84. The first-order valence-corrected chi connectivity index (χ1v) is 14.6. The number of rotatable bonds is 13. The lowest BCUT2D eigenvalue weighted by Crippen LogP contribution is -2.44. The predicted octanol–water partition coefficient (Wildman–Crippen LogP) is 6.65. The zero-order valence-corrected chi connectivity index (χ0v) is 24.9. The Morgan fingerprint density at radius 3 is 2.17 bits per heavy atom. The number of nitrogens with one attached hydrogen (secondary N) is 1. The minimum atomic E-state index is -0.0728. The molecule has 0 radical (unpaired) electrons. The predicted molar refractivity (Wildman–Crippen MR) is 166 cm³/mol. The summed E-state index contributed by atoms with van der Waals surface area (Å²) in [6, 6.07) is 24.9. The summed E-state index contributed by atoms with van der Waals surface area (Å²) >= 11 is 0. The Morgan fingerprint density at radius 2 is 1.54 bits per heavy atom. The summed E-state index contributed by atoms with van der Waals surface area (Å²) in [4.78, 5) is 15.9. The molecule has 0 heterocycles. The van der Waals surface area contributed by atoms with Crippen LogP contribution in [0, 0.1) is 5.92 Å². The highest BCUT2D eigenvalue weighted by molar-refractivity contribution is 5.96. The van der Waals surface area contributed by atoms with E-state index in [9.17, 15) is 4.79 Å². The summed E-state index contributed by atoms with van der Waals surface area (Å²) in [5.41, 5.74) is 4.13. The molecule has 0 spiro atoms. The molecule has 3 aromatic carbocycles. The molecule has 4 rings (SSSR count). The van der Waals surface area contributed by atoms with E-state index >= 15 is 0 Å². The van der Waals surface area contributed by atoms with E-state index in [0.29, 0.717) is 47.9 Å². The van der Waals surface area contributed by atoms with Gasteiger partial charge >= 0.3 is 0 Å². The third-order valence-corrected chi connectivity index (χ3v) is 7.89. The Balaban J connectivity index is 1.51. The van der Waals surface area contributed by atoms with E-state index in [0.717, 1.165) is 24.1 Å². The number of carbonyl (C=O) groups excluding carboxylic acids is 1. The number of amides is 1. The minimum Gasteiger partial charge on any atom is -0.493 e. The summed E-state index contributed by atoms with van der Waals surface area (Å²) in [7, 11) is 4.69. The van der Waals surface area contributed by atoms with Gasteiger partial charge in [-0.3, -0.25) is 4.79 Å². The van der Waals surface area contributed by atoms with Crippen molar-refractivity contribution in [1.29, 1.82) is 0 Å². The molecule has 0 aliphatic heterocycles. The van der Waals surface area contributed by atoms with Gasteiger partial charge in [0.1, 0.15) is 0 Å². The van der Waals surface area contributed by atoms with Crippen LogP contribution in [0.1, 0.15) is 54.1 Å². The third kappa shape index (κ3) is 8.37. The largest absolute Gasteiger partial charge is 0.493 e. The summed E-state index contributed by atoms with van der Waals surface area (Å²) < 4.78 is 16.5. The Hall–Kier alpha value is -3.77. The van der Waals surface area contributed by atoms with Gasteiger partial charge in [-0.1, -0.05) is 85.2 Å². The fraction of sp³-hybridized carbons (Fsp3) is 0.400. The van der Waals surface area contributed by atoms with E-state index in [2.05, 4.69) is 60.8 Å². The van der Waals surface area contributed by atoms with Crippen LogP contribution >= 0.6 is 0 Å². The second kappa shape index (κ2) is 15.3. The minimum absolute atomic E-state index is 0.0728. The normalized spacial score (nSPS) is 17.1. The lowest BCUT2D eigenvalue weighted by molar-refractivity contribution is 0.0767. The molecule has 1 fully saturated rings. The SMILES string of the molecule is COc1cc(C(=O)N(CCNC2CCCCC2Cc2ccccc2)C/C(C)=C\c2ccccc2)cc(OC)c1OC. The van der Waals surface area contributed by atoms with Crippen LogP contribution in [0.15, 0.2) is 78.4 Å². The van der Waals surface area contributed by atoms with Crippen LogP contribution in [0.25, 0.3) is 6.08 Å². The molecule has 6 nitrogen and oxygen atoms in total. The maximum atomic E-state index is 14.0. The molecule has 1 aliphatic carbocycles. The van der Waals surface area contributed by atoms with E-state index in [1.165, 1.54) is 31.2 Å². The van der Waals surface area contributed by atoms with Crippen LogP contribution in [0.3, 0.4) is 0 Å². The van der Waals surface area contributed by atoms with Crippen LogP contribution in [0.2, 0.25) is 0 Å². The first-order valence-electron chi connectivity index (χ1n) is 14.6. The highest BCUT2D eigenvalue weighted by Crippen LogP contribution is 2.38. The molecule has 2 atom stereocenters. The van der Waals surface area contributed by atoms with Crippen LogP contribution in [-0.4, -0.2) is 57.8 Å². The Labute approximate surface area is 245 Å². The number of benzene rings is 3. The molecular weight excluding hydrogens is 512 g/mol. The van der Waals surface area contributed by atoms with E-state index < -0.39 is 0 Å². The molecule has 1 amide bonds. The maximum Gasteiger partial charge on any atom is 0.254 e. The smallest absolute Gasteiger partial charge is 0.254 e. The number of methoxy groups -OCH3 is 3. The Morgan fingerprint density at radius 1 is 0.902 bits per heavy atom. The molecule has 3 aromatic rings. The van der Waals surface area contributed by atoms with E-state index in [4.69, 9.17) is 14.2 Å². The molecule has 1 N–H and O–H groups in total. The van der Waals surface area contributed by atoms with E-state index in [1.807, 2.05) is 23.1 Å². The molecule has 1 saturated carbocycles. The van der Waals surface area contributed by atoms with Gasteiger partial charge in [0, 0.05) is 31.2 Å². The van der Waals surface area contributed by atoms with Crippen LogP contribution in [0.5, 0.6) is 17.2 Å². The van der Waals surface area contributed by atoms with Crippen molar-refractivity contribution in [1.82, 2.24) is 10.2 Å². The molecule has 2 unspecified atom stereocenters. The molecule has 0 saturated heterocycles. The van der Waals surface area contributed by atoms with Crippen molar-refractivity contribution in [3.8, 4) is 17.2 Å². The van der Waals surface area contributed by atoms with Gasteiger partial charge in [-0.25, -0.2) is 0 Å². The quantitative estimate of drug-likeness (QED) is 0.255. The molecule has 6 heteroatoms. The molecule has 1 aliphatic rings. The first kappa shape index (κ1) is 30.2. The Kier molecular flexibility index (Phi) is 11.3. The summed E-state index contributed by atoms with van der Waals surface area (Å²) in [5.74, 6) is 1.94. The van der Waals surface area contributed by atoms with Gasteiger partial charge in [0.2, 0.25) is 5.75 Å². The van der Waals surface area contributed by atoms with Crippen molar-refractivity contribution in [2.45, 2.75) is 45.1 Å². The van der Waals surface area contributed by atoms with Gasteiger partial charge in [0.05, 0.1) is 21.3 Å². The molecule has 218 valence electrons. The molecule has 0 bridgehead atoms. The van der Waals surface area contributed by atoms with Crippen LogP contribution < -0.4 is 19.5 Å². The Bertz CT molecular complexity index is 1250. The zero-order valence-electron chi connectivity index (χ0n) is 24.9. The maximum absolute atomic E-state index is 14.0. The van der Waals surface area contributed by atoms with Crippen molar-refractivity contribution >= 4 is 12.0 Å². The second-order valence-electron chi connectivity index (χ2n) is 10.8. The number of hydrogen-bond acceptors (Lipinski definition) is 5. The summed E-state index contributed by atoms with van der Waals surface area (Å²) in [6.07, 6.45) is 8.16. The van der Waals surface area contributed by atoms with E-state index in [-0.39, 0.29) is 5.91 Å². The van der Waals surface area contributed by atoms with Gasteiger partial charge in [-0.05, 0) is 55.4 Å². The van der Waals surface area contributed by atoms with Crippen LogP contribution in [-0.2, 0) is 6.42 Å². The number of ether oxygens (including phenoxy) is 3. The summed E-state index contributed by atoms with van der Waals surface area (Å²) in [6.45, 7) is 3.91. The zero-order chi connectivity index (χ0) is 29.0. The van der Waals surface area contributed by atoms with Crippen molar-refractivity contribution in [3.05, 3.63) is 95.1 Å². The lowest BCUT2D eigenvalue weighted by atomic mass is 9.80. The van der Waals surface area contributed by atoms with Crippen molar-refractivity contribution in [3.63, 3.8) is 0 Å². The van der Waals surface area contributed by atoms with Crippen molar-refractivity contribution in [2.75, 3.05) is 41.0 Å². The fourth-order valence-corrected chi connectivity index (χ4v) is 5.84. The van der Waals surface area contributed by atoms with Gasteiger partial charge in [-0.2, -0.15) is 0 Å². The number of hydrogen-bond donors (Lipinski definition) is 1. The van der Waals surface area contributed by atoms with Gasteiger partial charge in [-0.15, -0.1) is 0 Å². The average Bonchev–Trinajstić information content (AvgIpc) is 3.01. The lowest BCUT2D eigenvalue weighted by Gasteiger charge is -2.33. The number of carbonyl (C=O) groups is 1. The first-order chi connectivity index (χ1) is 20.0. The second-order valence-corrected chi connectivity index (χ2v) is 10.8. The highest BCUT2D eigenvalue weighted by Gasteiger charge is 2.26. The van der Waals surface area contributed by atoms with Crippen molar-refractivity contribution < 1.29 is 19.0 Å². The van der Waals surface area contributed by atoms with Crippen LogP contribution in [0.4, 0.5) is 0 Å². The third-order valence-electron chi connectivity index (χ3n) is 7.89. The standard InChI is InChI=1S/C35H44N2O4/c1-26(21-27-13-7-5-8-14-27)25-37(35(38)30-23-32(39-2)34(41-4)33(24-30)40-3)20-19-36-31-18-12-11-17-29(31)22-28-15-9-6-10-16-28/h5-10,13-16,21,23-24,29,31,36H,11-12,17-20,22,25H2,1-4H3/b26-21-. The molecular formula is C35H44N2O4. The van der Waals surface area contributed by atoms with Crippen molar-refractivity contribution in [2.24, 2.45) is 5.92 Å². The van der Waals surface area contributed by atoms with E-state index in [1.54, 1.807) is 33.5 Å². The highest BCUT2D eigenvalue weighted by atomic mass is 16.5. The average molecular weight is 557 g/mol. The molecule has 41 heavy (non-hydrogen) atoms. The van der Waals surface area contributed by atoms with Gasteiger partial charge in [0.15, 0.2) is 11.5 Å².